The highest BCUT2D eigenvalue weighted by molar-refractivity contribution is 7.89. The molecule has 0 spiro atoms. The van der Waals surface area contributed by atoms with Crippen molar-refractivity contribution in [2.45, 2.75) is 4.90 Å². The van der Waals surface area contributed by atoms with Crippen LogP contribution in [-0.4, -0.2) is 52.3 Å². The topological polar surface area (TPSA) is 107 Å². The number of nitrogens with one attached hydrogen (secondary N) is 1. The highest BCUT2D eigenvalue weighted by atomic mass is 32.2. The van der Waals surface area contributed by atoms with Gasteiger partial charge in [-0.2, -0.15) is 0 Å². The smallest absolute Gasteiger partial charge is 0.265 e. The van der Waals surface area contributed by atoms with E-state index in [1.54, 1.807) is 30.3 Å². The molecule has 0 unspecified atom stereocenters. The summed E-state index contributed by atoms with van der Waals surface area (Å²) in [7, 11) is -0.709. The fraction of sp³-hybridized carbons (Fsp3) is 0.222. The number of ether oxygens (including phenoxy) is 2. The van der Waals surface area contributed by atoms with Crippen LogP contribution in [0.3, 0.4) is 0 Å². The van der Waals surface area contributed by atoms with Crippen molar-refractivity contribution in [3.05, 3.63) is 48.0 Å². The van der Waals surface area contributed by atoms with Crippen molar-refractivity contribution in [3.8, 4) is 11.5 Å². The van der Waals surface area contributed by atoms with Crippen LogP contribution < -0.4 is 14.8 Å². The molecule has 0 saturated heterocycles. The zero-order valence-electron chi connectivity index (χ0n) is 15.3. The molecule has 1 aliphatic rings. The third-order valence-corrected chi connectivity index (χ3v) is 5.58. The Bertz CT molecular complexity index is 1000. The van der Waals surface area contributed by atoms with Gasteiger partial charge in [0, 0.05) is 25.3 Å². The molecular formula is C18H19N3O6S. The molecular weight excluding hydrogens is 386 g/mol. The van der Waals surface area contributed by atoms with E-state index >= 15 is 0 Å². The summed E-state index contributed by atoms with van der Waals surface area (Å²) in [5.41, 5.74) is 1.07. The van der Waals surface area contributed by atoms with Crippen LogP contribution in [0, 0.1) is 0 Å². The number of rotatable bonds is 7. The number of anilines is 1. The Morgan fingerprint density at radius 2 is 2.00 bits per heavy atom. The number of oxime groups is 1. The van der Waals surface area contributed by atoms with Gasteiger partial charge < -0.3 is 19.6 Å². The first kappa shape index (κ1) is 19.6. The largest absolute Gasteiger partial charge is 0.454 e. The number of hydrogen-bond acceptors (Lipinski definition) is 7. The van der Waals surface area contributed by atoms with Gasteiger partial charge in [0.15, 0.2) is 18.1 Å². The van der Waals surface area contributed by atoms with Crippen LogP contribution >= 0.6 is 0 Å². The van der Waals surface area contributed by atoms with Crippen LogP contribution in [0.25, 0.3) is 0 Å². The van der Waals surface area contributed by atoms with Gasteiger partial charge in [-0.3, -0.25) is 4.79 Å². The van der Waals surface area contributed by atoms with Gasteiger partial charge in [-0.05, 0) is 36.4 Å². The van der Waals surface area contributed by atoms with Gasteiger partial charge in [-0.15, -0.1) is 0 Å². The van der Waals surface area contributed by atoms with Crippen LogP contribution in [0.5, 0.6) is 11.5 Å². The third kappa shape index (κ3) is 4.59. The fourth-order valence-electron chi connectivity index (χ4n) is 2.33. The molecule has 1 amide bonds. The lowest BCUT2D eigenvalue weighted by atomic mass is 10.2. The average Bonchev–Trinajstić information content (AvgIpc) is 3.13. The molecule has 1 N–H and O–H groups in total. The summed E-state index contributed by atoms with van der Waals surface area (Å²) in [6, 6.07) is 11.2. The number of carbonyl (C=O) groups is 1. The number of nitrogens with zero attached hydrogens (tertiary/aromatic N) is 2. The minimum atomic E-state index is -3.58. The molecule has 28 heavy (non-hydrogen) atoms. The summed E-state index contributed by atoms with van der Waals surface area (Å²) >= 11 is 0. The third-order valence-electron chi connectivity index (χ3n) is 3.76. The second-order valence-corrected chi connectivity index (χ2v) is 8.14. The number of hydrogen-bond donors (Lipinski definition) is 1. The van der Waals surface area contributed by atoms with Crippen LogP contribution in [0.4, 0.5) is 5.69 Å². The maximum Gasteiger partial charge on any atom is 0.265 e. The summed E-state index contributed by atoms with van der Waals surface area (Å²) in [6.07, 6.45) is 1.44. The molecule has 9 nitrogen and oxygen atoms in total. The van der Waals surface area contributed by atoms with Gasteiger partial charge in [0.25, 0.3) is 5.91 Å². The first-order valence-electron chi connectivity index (χ1n) is 8.24. The fourth-order valence-corrected chi connectivity index (χ4v) is 3.28. The van der Waals surface area contributed by atoms with Crippen molar-refractivity contribution >= 4 is 27.8 Å². The van der Waals surface area contributed by atoms with E-state index in [4.69, 9.17) is 14.3 Å². The van der Waals surface area contributed by atoms with Gasteiger partial charge in [-0.1, -0.05) is 11.2 Å². The molecule has 0 atom stereocenters. The van der Waals surface area contributed by atoms with Crippen LogP contribution in [0.1, 0.15) is 5.56 Å². The van der Waals surface area contributed by atoms with Crippen molar-refractivity contribution in [2.75, 3.05) is 32.8 Å². The zero-order chi connectivity index (χ0) is 20.1. The van der Waals surface area contributed by atoms with Crippen molar-refractivity contribution in [2.24, 2.45) is 5.16 Å². The lowest BCUT2D eigenvalue weighted by Gasteiger charge is -2.12. The standard InChI is InChI=1S/C18H19N3O6S/c1-21(2)28(23,24)15-5-3-4-14(9-15)20-18(22)11-27-19-10-13-6-7-16-17(8-13)26-12-25-16/h3-10H,11-12H2,1-2H3,(H,20,22)/b19-10+. The Hall–Kier alpha value is -3.11. The zero-order valence-corrected chi connectivity index (χ0v) is 16.1. The van der Waals surface area contributed by atoms with E-state index in [-0.39, 0.29) is 18.3 Å². The molecule has 0 fully saturated rings. The number of fused-ring (bicyclic) bond motifs is 1. The molecule has 148 valence electrons. The van der Waals surface area contributed by atoms with E-state index in [2.05, 4.69) is 10.5 Å². The SMILES string of the molecule is CN(C)S(=O)(=O)c1cccc(NC(=O)CO/N=C/c2ccc3c(c2)OCO3)c1. The number of benzene rings is 2. The molecule has 0 aromatic heterocycles. The van der Waals surface area contributed by atoms with Crippen LogP contribution in [0.2, 0.25) is 0 Å². The predicted molar refractivity (Wildman–Crippen MR) is 102 cm³/mol. The highest BCUT2D eigenvalue weighted by Crippen LogP contribution is 2.31. The lowest BCUT2D eigenvalue weighted by Crippen LogP contribution is -2.22. The maximum atomic E-state index is 12.1. The number of carbonyl (C=O) groups excluding carboxylic acids is 1. The highest BCUT2D eigenvalue weighted by Gasteiger charge is 2.17. The molecule has 2 aromatic rings. The van der Waals surface area contributed by atoms with E-state index in [1.807, 2.05) is 0 Å². The van der Waals surface area contributed by atoms with Gasteiger partial charge in [0.05, 0.1) is 11.1 Å². The Morgan fingerprint density at radius 1 is 1.21 bits per heavy atom. The molecule has 1 heterocycles. The van der Waals surface area contributed by atoms with Gasteiger partial charge in [0.1, 0.15) is 0 Å². The predicted octanol–water partition coefficient (Wildman–Crippen LogP) is 1.65. The minimum absolute atomic E-state index is 0.0806. The molecule has 10 heteroatoms. The Labute approximate surface area is 162 Å². The Morgan fingerprint density at radius 3 is 2.79 bits per heavy atom. The Balaban J connectivity index is 1.53. The molecule has 0 saturated carbocycles. The van der Waals surface area contributed by atoms with E-state index < -0.39 is 15.9 Å². The summed E-state index contributed by atoms with van der Waals surface area (Å²) in [5, 5.41) is 6.31. The van der Waals surface area contributed by atoms with E-state index in [0.717, 1.165) is 9.87 Å². The monoisotopic (exact) mass is 405 g/mol. The van der Waals surface area contributed by atoms with Crippen molar-refractivity contribution in [1.29, 1.82) is 0 Å². The van der Waals surface area contributed by atoms with E-state index in [0.29, 0.717) is 17.2 Å². The first-order valence-corrected chi connectivity index (χ1v) is 9.68. The Kier molecular flexibility index (Phi) is 5.81. The van der Waals surface area contributed by atoms with Crippen molar-refractivity contribution in [1.82, 2.24) is 4.31 Å². The van der Waals surface area contributed by atoms with E-state index in [1.165, 1.54) is 32.4 Å². The van der Waals surface area contributed by atoms with Crippen molar-refractivity contribution in [3.63, 3.8) is 0 Å². The van der Waals surface area contributed by atoms with E-state index in [9.17, 15) is 13.2 Å². The molecule has 0 bridgehead atoms. The minimum Gasteiger partial charge on any atom is -0.454 e. The number of amides is 1. The number of sulfonamides is 1. The average molecular weight is 405 g/mol. The molecule has 1 aliphatic heterocycles. The summed E-state index contributed by atoms with van der Waals surface area (Å²) < 4.78 is 35.9. The first-order chi connectivity index (χ1) is 13.4. The lowest BCUT2D eigenvalue weighted by molar-refractivity contribution is -0.120. The normalized spacial score (nSPS) is 13.1. The van der Waals surface area contributed by atoms with Crippen LogP contribution in [0.15, 0.2) is 52.5 Å². The maximum absolute atomic E-state index is 12.1. The summed E-state index contributed by atoms with van der Waals surface area (Å²) in [6.45, 7) is -0.143. The molecule has 0 aliphatic carbocycles. The summed E-state index contributed by atoms with van der Waals surface area (Å²) in [5.74, 6) is 0.812. The second-order valence-electron chi connectivity index (χ2n) is 5.98. The summed E-state index contributed by atoms with van der Waals surface area (Å²) in [4.78, 5) is 17.0. The van der Waals surface area contributed by atoms with Gasteiger partial charge >= 0.3 is 0 Å². The molecule has 2 aromatic carbocycles. The van der Waals surface area contributed by atoms with Crippen LogP contribution in [-0.2, 0) is 19.7 Å². The second kappa shape index (κ2) is 8.28. The van der Waals surface area contributed by atoms with Crippen molar-refractivity contribution < 1.29 is 27.5 Å². The quantitative estimate of drug-likeness (QED) is 0.555. The van der Waals surface area contributed by atoms with Gasteiger partial charge in [0.2, 0.25) is 16.8 Å². The molecule has 0 radical (unpaired) electrons. The molecule has 3 rings (SSSR count). The van der Waals surface area contributed by atoms with Gasteiger partial charge in [-0.25, -0.2) is 12.7 Å².